The van der Waals surface area contributed by atoms with Gasteiger partial charge >= 0.3 is 5.97 Å². The summed E-state index contributed by atoms with van der Waals surface area (Å²) in [5, 5.41) is 0. The van der Waals surface area contributed by atoms with E-state index < -0.39 is 0 Å². The lowest BCUT2D eigenvalue weighted by Gasteiger charge is -2.05. The number of esters is 1. The highest BCUT2D eigenvalue weighted by Crippen LogP contribution is 2.10. The first-order chi connectivity index (χ1) is 11.3. The molecule has 0 aromatic carbocycles. The maximum Gasteiger partial charge on any atom is 0.305 e. The van der Waals surface area contributed by atoms with Gasteiger partial charge in [0.15, 0.2) is 0 Å². The van der Waals surface area contributed by atoms with Gasteiger partial charge in [0.05, 0.1) is 6.61 Å². The van der Waals surface area contributed by atoms with E-state index in [1.807, 2.05) is 0 Å². The molecule has 0 heterocycles. The zero-order valence-corrected chi connectivity index (χ0v) is 15.5. The normalized spacial score (nSPS) is 11.6. The molecule has 0 N–H and O–H groups in total. The summed E-state index contributed by atoms with van der Waals surface area (Å²) >= 11 is 0. The molecule has 0 saturated carbocycles. The van der Waals surface area contributed by atoms with Crippen LogP contribution >= 0.6 is 0 Å². The smallest absolute Gasteiger partial charge is 0.305 e. The van der Waals surface area contributed by atoms with Crippen molar-refractivity contribution in [3.63, 3.8) is 0 Å². The number of rotatable bonds is 16. The SMILES string of the molecule is C/C=C/CCCCCCCCC(=O)OCCCCCC/C=C/C. The second kappa shape index (κ2) is 19.0. The Morgan fingerprint density at radius 2 is 1.17 bits per heavy atom. The third-order valence-corrected chi connectivity index (χ3v) is 4.00. The number of unbranched alkanes of at least 4 members (excludes halogenated alkanes) is 10. The molecule has 0 radical (unpaired) electrons. The number of carbonyl (C=O) groups excluding carboxylic acids is 1. The van der Waals surface area contributed by atoms with Crippen molar-refractivity contribution in [1.82, 2.24) is 0 Å². The quantitative estimate of drug-likeness (QED) is 0.178. The van der Waals surface area contributed by atoms with Gasteiger partial charge in [0.1, 0.15) is 0 Å². The van der Waals surface area contributed by atoms with Crippen molar-refractivity contribution < 1.29 is 9.53 Å². The Kier molecular flexibility index (Phi) is 18.1. The maximum atomic E-state index is 11.6. The molecule has 0 spiro atoms. The minimum absolute atomic E-state index is 0.00741. The van der Waals surface area contributed by atoms with Crippen molar-refractivity contribution in [3.8, 4) is 0 Å². The van der Waals surface area contributed by atoms with Crippen LogP contribution in [0.15, 0.2) is 24.3 Å². The van der Waals surface area contributed by atoms with Crippen LogP contribution in [0.3, 0.4) is 0 Å². The van der Waals surface area contributed by atoms with Crippen LogP contribution in [-0.2, 0) is 9.53 Å². The molecule has 0 saturated heterocycles. The number of carbonyl (C=O) groups is 1. The van der Waals surface area contributed by atoms with Gasteiger partial charge < -0.3 is 4.74 Å². The fourth-order valence-electron chi connectivity index (χ4n) is 2.55. The maximum absolute atomic E-state index is 11.6. The summed E-state index contributed by atoms with van der Waals surface area (Å²) in [6.45, 7) is 4.74. The predicted octanol–water partition coefficient (Wildman–Crippen LogP) is 6.75. The highest BCUT2D eigenvalue weighted by Gasteiger charge is 2.02. The fraction of sp³-hybridized carbons (Fsp3) is 0.762. The Hall–Kier alpha value is -1.05. The Bertz CT molecular complexity index is 305. The van der Waals surface area contributed by atoms with E-state index in [0.29, 0.717) is 13.0 Å². The van der Waals surface area contributed by atoms with Crippen molar-refractivity contribution in [2.45, 2.75) is 97.3 Å². The summed E-state index contributed by atoms with van der Waals surface area (Å²) in [6, 6.07) is 0. The summed E-state index contributed by atoms with van der Waals surface area (Å²) in [5.74, 6) is -0.00741. The molecular weight excluding hydrogens is 284 g/mol. The van der Waals surface area contributed by atoms with Crippen LogP contribution in [0.25, 0.3) is 0 Å². The number of hydrogen-bond donors (Lipinski definition) is 0. The van der Waals surface area contributed by atoms with Gasteiger partial charge in [-0.1, -0.05) is 62.8 Å². The van der Waals surface area contributed by atoms with Crippen LogP contribution in [0.1, 0.15) is 97.3 Å². The average Bonchev–Trinajstić information content (AvgIpc) is 2.56. The third-order valence-electron chi connectivity index (χ3n) is 4.00. The van der Waals surface area contributed by atoms with E-state index in [9.17, 15) is 4.79 Å². The van der Waals surface area contributed by atoms with Crippen molar-refractivity contribution in [2.75, 3.05) is 6.61 Å². The average molecular weight is 323 g/mol. The molecule has 0 aliphatic rings. The summed E-state index contributed by atoms with van der Waals surface area (Å²) in [4.78, 5) is 11.6. The summed E-state index contributed by atoms with van der Waals surface area (Å²) < 4.78 is 5.28. The minimum atomic E-state index is -0.00741. The number of hydrogen-bond acceptors (Lipinski definition) is 2. The molecule has 2 heteroatoms. The topological polar surface area (TPSA) is 26.3 Å². The van der Waals surface area contributed by atoms with Crippen molar-refractivity contribution in [1.29, 1.82) is 0 Å². The molecule has 2 nitrogen and oxygen atoms in total. The second-order valence-electron chi connectivity index (χ2n) is 6.22. The molecule has 0 atom stereocenters. The summed E-state index contributed by atoms with van der Waals surface area (Å²) in [6.07, 6.45) is 23.6. The molecule has 0 unspecified atom stereocenters. The molecule has 0 bridgehead atoms. The van der Waals surface area contributed by atoms with Crippen LogP contribution in [-0.4, -0.2) is 12.6 Å². The first kappa shape index (κ1) is 21.9. The van der Waals surface area contributed by atoms with Gasteiger partial charge in [0.25, 0.3) is 0 Å². The van der Waals surface area contributed by atoms with E-state index in [1.165, 1.54) is 51.4 Å². The van der Waals surface area contributed by atoms with Gasteiger partial charge in [-0.05, 0) is 52.4 Å². The van der Waals surface area contributed by atoms with Crippen LogP contribution in [0.5, 0.6) is 0 Å². The zero-order chi connectivity index (χ0) is 17.0. The standard InChI is InChI=1S/C21H38O2/c1-3-5-7-9-11-12-13-15-17-19-21(22)23-20-18-16-14-10-8-6-4-2/h3-6H,7-20H2,1-2H3/b5-3+,6-4+. The molecule has 0 rings (SSSR count). The van der Waals surface area contributed by atoms with Crippen molar-refractivity contribution in [2.24, 2.45) is 0 Å². The lowest BCUT2D eigenvalue weighted by atomic mass is 10.1. The Balaban J connectivity index is 3.19. The lowest BCUT2D eigenvalue weighted by molar-refractivity contribution is -0.143. The van der Waals surface area contributed by atoms with Crippen molar-refractivity contribution >= 4 is 5.97 Å². The first-order valence-corrected chi connectivity index (χ1v) is 9.69. The van der Waals surface area contributed by atoms with Gasteiger partial charge in [0.2, 0.25) is 0 Å². The van der Waals surface area contributed by atoms with E-state index in [-0.39, 0.29) is 5.97 Å². The second-order valence-corrected chi connectivity index (χ2v) is 6.22. The number of allylic oxidation sites excluding steroid dienone is 4. The molecular formula is C21H38O2. The molecule has 0 aliphatic carbocycles. The van der Waals surface area contributed by atoms with E-state index in [2.05, 4.69) is 38.2 Å². The van der Waals surface area contributed by atoms with Gasteiger partial charge in [0, 0.05) is 6.42 Å². The largest absolute Gasteiger partial charge is 0.466 e. The van der Waals surface area contributed by atoms with Gasteiger partial charge in [-0.3, -0.25) is 4.79 Å². The Morgan fingerprint density at radius 1 is 0.696 bits per heavy atom. The molecule has 0 amide bonds. The molecule has 23 heavy (non-hydrogen) atoms. The molecule has 0 aromatic rings. The molecule has 0 aliphatic heterocycles. The summed E-state index contributed by atoms with van der Waals surface area (Å²) in [7, 11) is 0. The van der Waals surface area contributed by atoms with E-state index >= 15 is 0 Å². The highest BCUT2D eigenvalue weighted by atomic mass is 16.5. The fourth-order valence-corrected chi connectivity index (χ4v) is 2.55. The lowest BCUT2D eigenvalue weighted by Crippen LogP contribution is -2.05. The predicted molar refractivity (Wildman–Crippen MR) is 101 cm³/mol. The Morgan fingerprint density at radius 3 is 1.74 bits per heavy atom. The van der Waals surface area contributed by atoms with Crippen LogP contribution in [0.2, 0.25) is 0 Å². The summed E-state index contributed by atoms with van der Waals surface area (Å²) in [5.41, 5.74) is 0. The van der Waals surface area contributed by atoms with E-state index in [0.717, 1.165) is 25.7 Å². The van der Waals surface area contributed by atoms with Gasteiger partial charge in [-0.25, -0.2) is 0 Å². The Labute approximate surface area is 144 Å². The van der Waals surface area contributed by atoms with Gasteiger partial charge in [-0.2, -0.15) is 0 Å². The van der Waals surface area contributed by atoms with Gasteiger partial charge in [-0.15, -0.1) is 0 Å². The number of ether oxygens (including phenoxy) is 1. The molecule has 0 fully saturated rings. The first-order valence-electron chi connectivity index (χ1n) is 9.69. The van der Waals surface area contributed by atoms with E-state index in [4.69, 9.17) is 4.74 Å². The molecule has 0 aromatic heterocycles. The highest BCUT2D eigenvalue weighted by molar-refractivity contribution is 5.69. The van der Waals surface area contributed by atoms with Crippen molar-refractivity contribution in [3.05, 3.63) is 24.3 Å². The zero-order valence-electron chi connectivity index (χ0n) is 15.5. The molecule has 134 valence electrons. The van der Waals surface area contributed by atoms with Crippen LogP contribution in [0.4, 0.5) is 0 Å². The van der Waals surface area contributed by atoms with E-state index in [1.54, 1.807) is 0 Å². The van der Waals surface area contributed by atoms with Crippen LogP contribution in [0, 0.1) is 0 Å². The minimum Gasteiger partial charge on any atom is -0.466 e. The monoisotopic (exact) mass is 322 g/mol. The van der Waals surface area contributed by atoms with Crippen LogP contribution < -0.4 is 0 Å². The third kappa shape index (κ3) is 18.9.